The summed E-state index contributed by atoms with van der Waals surface area (Å²) in [5.41, 5.74) is 3.99. The molecular formula is C30H22N4O5. The highest BCUT2D eigenvalue weighted by molar-refractivity contribution is 5.87. The van der Waals surface area contributed by atoms with Crippen molar-refractivity contribution in [1.29, 1.82) is 0 Å². The molecule has 0 saturated carbocycles. The number of nitrogens with zero attached hydrogens (tertiary/aromatic N) is 4. The van der Waals surface area contributed by atoms with Crippen LogP contribution in [0.25, 0.3) is 28.0 Å². The van der Waals surface area contributed by atoms with Crippen LogP contribution < -0.4 is 19.8 Å². The van der Waals surface area contributed by atoms with E-state index in [1.54, 1.807) is 37.2 Å². The summed E-state index contributed by atoms with van der Waals surface area (Å²) in [6.45, 7) is 2.01. The van der Waals surface area contributed by atoms with E-state index in [0.29, 0.717) is 62.3 Å². The van der Waals surface area contributed by atoms with Gasteiger partial charge in [-0.3, -0.25) is 0 Å². The lowest BCUT2D eigenvalue weighted by atomic mass is 9.83. The minimum atomic E-state index is -0.671. The van der Waals surface area contributed by atoms with Crippen molar-refractivity contribution in [1.82, 2.24) is 19.6 Å². The third kappa shape index (κ3) is 3.47. The van der Waals surface area contributed by atoms with Crippen LogP contribution >= 0.6 is 0 Å². The topological polar surface area (TPSA) is 101 Å². The molecule has 0 N–H and O–H groups in total. The van der Waals surface area contributed by atoms with E-state index in [4.69, 9.17) is 28.7 Å². The van der Waals surface area contributed by atoms with E-state index in [1.807, 2.05) is 61.5 Å². The van der Waals surface area contributed by atoms with Gasteiger partial charge in [-0.25, -0.2) is 19.3 Å². The Morgan fingerprint density at radius 2 is 1.77 bits per heavy atom. The zero-order chi connectivity index (χ0) is 26.7. The molecule has 0 fully saturated rings. The van der Waals surface area contributed by atoms with E-state index < -0.39 is 11.5 Å². The second kappa shape index (κ2) is 8.70. The standard InChI is InChI=1S/C30H22N4O5/c1-16-8-4-5-9-18(16)27-32-28-25-23(19-13-12-17(36-2)14-22(19)37-3)24-26(39-29(25)31-15-34(28)33-27)20-10-6-7-11-21(20)38-30(24)35/h4-15,23H,1-3H3. The van der Waals surface area contributed by atoms with Crippen LogP contribution in [0.3, 0.4) is 0 Å². The number of methoxy groups -OCH3 is 2. The molecule has 4 heterocycles. The first kappa shape index (κ1) is 23.0. The third-order valence-corrected chi connectivity index (χ3v) is 7.10. The first-order valence-corrected chi connectivity index (χ1v) is 12.3. The molecule has 0 saturated heterocycles. The average molecular weight is 519 g/mol. The Balaban J connectivity index is 1.57. The Morgan fingerprint density at radius 1 is 0.949 bits per heavy atom. The highest BCUT2D eigenvalue weighted by Crippen LogP contribution is 2.51. The molecule has 9 nitrogen and oxygen atoms in total. The second-order valence-corrected chi connectivity index (χ2v) is 9.25. The molecule has 1 unspecified atom stereocenters. The zero-order valence-electron chi connectivity index (χ0n) is 21.3. The highest BCUT2D eigenvalue weighted by Gasteiger charge is 2.39. The molecule has 0 spiro atoms. The van der Waals surface area contributed by atoms with E-state index in [2.05, 4.69) is 4.98 Å². The van der Waals surface area contributed by atoms with E-state index in [-0.39, 0.29) is 0 Å². The Morgan fingerprint density at radius 3 is 2.59 bits per heavy atom. The first-order valence-electron chi connectivity index (χ1n) is 12.3. The van der Waals surface area contributed by atoms with Crippen molar-refractivity contribution >= 4 is 16.6 Å². The van der Waals surface area contributed by atoms with Gasteiger partial charge in [0, 0.05) is 17.2 Å². The minimum absolute atomic E-state index is 0.331. The van der Waals surface area contributed by atoms with Gasteiger partial charge in [-0.05, 0) is 30.7 Å². The van der Waals surface area contributed by atoms with Gasteiger partial charge in [0.15, 0.2) is 17.2 Å². The molecular weight excluding hydrogens is 496 g/mol. The number of para-hydroxylation sites is 1. The van der Waals surface area contributed by atoms with Gasteiger partial charge in [0.25, 0.3) is 0 Å². The second-order valence-electron chi connectivity index (χ2n) is 9.25. The first-order chi connectivity index (χ1) is 19.1. The lowest BCUT2D eigenvalue weighted by molar-refractivity contribution is 0.387. The van der Waals surface area contributed by atoms with Crippen molar-refractivity contribution in [2.75, 3.05) is 14.2 Å². The largest absolute Gasteiger partial charge is 0.497 e. The monoisotopic (exact) mass is 518 g/mol. The van der Waals surface area contributed by atoms with E-state index in [1.165, 1.54) is 0 Å². The zero-order valence-corrected chi connectivity index (χ0v) is 21.3. The van der Waals surface area contributed by atoms with Crippen molar-refractivity contribution in [3.63, 3.8) is 0 Å². The van der Waals surface area contributed by atoms with Crippen LogP contribution in [0.5, 0.6) is 23.1 Å². The predicted molar refractivity (Wildman–Crippen MR) is 144 cm³/mol. The molecule has 6 aromatic rings. The maximum absolute atomic E-state index is 13.6. The molecule has 3 aromatic heterocycles. The van der Waals surface area contributed by atoms with Crippen LogP contribution in [-0.2, 0) is 0 Å². The fourth-order valence-corrected chi connectivity index (χ4v) is 5.24. The molecule has 0 bridgehead atoms. The van der Waals surface area contributed by atoms with Crippen LogP contribution in [0, 0.1) is 6.92 Å². The molecule has 192 valence electrons. The van der Waals surface area contributed by atoms with Crippen molar-refractivity contribution < 1.29 is 18.6 Å². The van der Waals surface area contributed by atoms with Gasteiger partial charge in [0.2, 0.25) is 5.88 Å². The summed E-state index contributed by atoms with van der Waals surface area (Å²) in [6, 6.07) is 20.7. The Kier molecular flexibility index (Phi) is 5.12. The number of aryl methyl sites for hydroxylation is 1. The molecule has 1 atom stereocenters. The van der Waals surface area contributed by atoms with Gasteiger partial charge >= 0.3 is 5.63 Å². The molecule has 9 heteroatoms. The van der Waals surface area contributed by atoms with Crippen molar-refractivity contribution in [2.24, 2.45) is 0 Å². The number of ether oxygens (including phenoxy) is 3. The highest BCUT2D eigenvalue weighted by atomic mass is 16.5. The van der Waals surface area contributed by atoms with Gasteiger partial charge < -0.3 is 18.6 Å². The van der Waals surface area contributed by atoms with Crippen molar-refractivity contribution in [2.45, 2.75) is 12.8 Å². The van der Waals surface area contributed by atoms with Gasteiger partial charge in [0.1, 0.15) is 23.4 Å². The summed E-state index contributed by atoms with van der Waals surface area (Å²) in [4.78, 5) is 23.2. The van der Waals surface area contributed by atoms with Crippen molar-refractivity contribution in [3.05, 3.63) is 106 Å². The van der Waals surface area contributed by atoms with Crippen LogP contribution in [-0.4, -0.2) is 33.8 Å². The quantitative estimate of drug-likeness (QED) is 0.281. The van der Waals surface area contributed by atoms with Crippen LogP contribution in [0.15, 0.2) is 82.3 Å². The van der Waals surface area contributed by atoms with Crippen LogP contribution in [0.1, 0.15) is 28.2 Å². The van der Waals surface area contributed by atoms with Gasteiger partial charge in [0.05, 0.1) is 36.7 Å². The molecule has 0 aliphatic carbocycles. The van der Waals surface area contributed by atoms with Gasteiger partial charge in [-0.15, -0.1) is 5.10 Å². The van der Waals surface area contributed by atoms with Crippen LogP contribution in [0.4, 0.5) is 0 Å². The normalized spacial score (nSPS) is 14.1. The predicted octanol–water partition coefficient (Wildman–Crippen LogP) is 5.51. The summed E-state index contributed by atoms with van der Waals surface area (Å²) in [6.07, 6.45) is 1.57. The van der Waals surface area contributed by atoms with E-state index >= 15 is 0 Å². The van der Waals surface area contributed by atoms with Crippen molar-refractivity contribution in [3.8, 4) is 34.5 Å². The fraction of sp³-hybridized carbons (Fsp3) is 0.133. The summed E-state index contributed by atoms with van der Waals surface area (Å²) in [7, 11) is 3.17. The fourth-order valence-electron chi connectivity index (χ4n) is 5.24. The molecule has 0 amide bonds. The molecule has 3 aromatic carbocycles. The Labute approximate surface area is 222 Å². The van der Waals surface area contributed by atoms with Gasteiger partial charge in [-0.1, -0.05) is 42.5 Å². The minimum Gasteiger partial charge on any atom is -0.497 e. The average Bonchev–Trinajstić information content (AvgIpc) is 3.40. The summed E-state index contributed by atoms with van der Waals surface area (Å²) < 4.78 is 25.0. The number of rotatable bonds is 4. The maximum Gasteiger partial charge on any atom is 0.344 e. The molecule has 1 aliphatic rings. The molecule has 7 rings (SSSR count). The van der Waals surface area contributed by atoms with E-state index in [9.17, 15) is 4.79 Å². The Hall–Kier alpha value is -5.18. The number of benzene rings is 3. The molecule has 1 aliphatic heterocycles. The third-order valence-electron chi connectivity index (χ3n) is 7.10. The summed E-state index contributed by atoms with van der Waals surface area (Å²) >= 11 is 0. The van der Waals surface area contributed by atoms with Crippen LogP contribution in [0.2, 0.25) is 0 Å². The number of aromatic nitrogens is 4. The lowest BCUT2D eigenvalue weighted by Gasteiger charge is -2.28. The summed E-state index contributed by atoms with van der Waals surface area (Å²) in [5.74, 6) is 1.75. The van der Waals surface area contributed by atoms with E-state index in [0.717, 1.165) is 11.1 Å². The summed E-state index contributed by atoms with van der Waals surface area (Å²) in [5, 5.41) is 5.38. The molecule has 39 heavy (non-hydrogen) atoms. The number of hydrogen-bond donors (Lipinski definition) is 0. The SMILES string of the molecule is COc1ccc(C2c3c(c4ccccc4oc3=O)Oc3ncn4nc(-c5ccccc5C)nc4c32)c(OC)c1. The Bertz CT molecular complexity index is 1980. The number of hydrogen-bond acceptors (Lipinski definition) is 8. The lowest BCUT2D eigenvalue weighted by Crippen LogP contribution is -2.22. The smallest absolute Gasteiger partial charge is 0.344 e. The van der Waals surface area contributed by atoms with Gasteiger partial charge in [-0.2, -0.15) is 0 Å². The molecule has 0 radical (unpaired) electrons. The number of fused-ring (bicyclic) bond motifs is 6. The maximum atomic E-state index is 13.6.